The van der Waals surface area contributed by atoms with Gasteiger partial charge in [-0.15, -0.1) is 0 Å². The van der Waals surface area contributed by atoms with Crippen LogP contribution in [0.2, 0.25) is 5.02 Å². The van der Waals surface area contributed by atoms with Crippen molar-refractivity contribution in [1.29, 1.82) is 0 Å². The van der Waals surface area contributed by atoms with Gasteiger partial charge in [0.1, 0.15) is 0 Å². The number of hydrogen-bond acceptors (Lipinski definition) is 2. The summed E-state index contributed by atoms with van der Waals surface area (Å²) in [5.74, 6) is 0. The van der Waals surface area contributed by atoms with E-state index in [9.17, 15) is 0 Å². The molecule has 1 heterocycles. The van der Waals surface area contributed by atoms with E-state index >= 15 is 0 Å². The molecule has 1 aromatic carbocycles. The smallest absolute Gasteiger partial charge is 0.0824 e. The second kappa shape index (κ2) is 3.91. The number of nitrogens with two attached hydrogens (primary N) is 1. The van der Waals surface area contributed by atoms with Crippen LogP contribution in [0.3, 0.4) is 0 Å². The molecule has 0 saturated carbocycles. The van der Waals surface area contributed by atoms with Crippen LogP contribution in [0.25, 0.3) is 11.1 Å². The van der Waals surface area contributed by atoms with Crippen LogP contribution in [0.1, 0.15) is 5.56 Å². The fourth-order valence-electron chi connectivity index (χ4n) is 1.41. The van der Waals surface area contributed by atoms with Crippen LogP contribution < -0.4 is 5.73 Å². The van der Waals surface area contributed by atoms with E-state index in [1.165, 1.54) is 5.56 Å². The van der Waals surface area contributed by atoms with E-state index < -0.39 is 0 Å². The van der Waals surface area contributed by atoms with E-state index in [4.69, 9.17) is 17.3 Å². The number of benzene rings is 1. The highest BCUT2D eigenvalue weighted by Gasteiger charge is 2.05. The number of nitrogens with zero attached hydrogens (tertiary/aromatic N) is 1. The molecule has 1 aromatic heterocycles. The average molecular weight is 219 g/mol. The van der Waals surface area contributed by atoms with Gasteiger partial charge in [-0.05, 0) is 12.5 Å². The molecule has 15 heavy (non-hydrogen) atoms. The molecule has 0 unspecified atom stereocenters. The van der Waals surface area contributed by atoms with Gasteiger partial charge in [0.2, 0.25) is 0 Å². The third kappa shape index (κ3) is 1.95. The van der Waals surface area contributed by atoms with E-state index in [-0.39, 0.29) is 0 Å². The molecular weight excluding hydrogens is 208 g/mol. The van der Waals surface area contributed by atoms with Gasteiger partial charge >= 0.3 is 0 Å². The molecule has 0 aliphatic carbocycles. The fraction of sp³-hybridized carbons (Fsp3) is 0.0833. The van der Waals surface area contributed by atoms with Crippen LogP contribution in [-0.4, -0.2) is 4.98 Å². The first kappa shape index (κ1) is 9.99. The Labute approximate surface area is 93.7 Å². The molecule has 0 spiro atoms. The van der Waals surface area contributed by atoms with Crippen molar-refractivity contribution in [2.45, 2.75) is 6.92 Å². The Balaban J connectivity index is 2.54. The highest BCUT2D eigenvalue weighted by atomic mass is 35.5. The molecule has 3 heteroatoms. The molecule has 2 nitrogen and oxygen atoms in total. The zero-order valence-electron chi connectivity index (χ0n) is 8.37. The van der Waals surface area contributed by atoms with Crippen molar-refractivity contribution in [1.82, 2.24) is 4.98 Å². The van der Waals surface area contributed by atoms with Crippen molar-refractivity contribution in [3.63, 3.8) is 0 Å². The van der Waals surface area contributed by atoms with E-state index in [0.717, 1.165) is 11.1 Å². The van der Waals surface area contributed by atoms with Crippen LogP contribution in [0.15, 0.2) is 36.7 Å². The number of anilines is 1. The maximum atomic E-state index is 5.91. The molecular formula is C12H11ClN2. The maximum absolute atomic E-state index is 5.91. The highest BCUT2D eigenvalue weighted by Crippen LogP contribution is 2.30. The maximum Gasteiger partial charge on any atom is 0.0824 e. The minimum atomic E-state index is 0.494. The summed E-state index contributed by atoms with van der Waals surface area (Å²) < 4.78 is 0. The number of pyridine rings is 1. The Morgan fingerprint density at radius 2 is 1.80 bits per heavy atom. The number of halogens is 1. The van der Waals surface area contributed by atoms with Crippen molar-refractivity contribution >= 4 is 17.3 Å². The number of rotatable bonds is 1. The first-order valence-electron chi connectivity index (χ1n) is 4.64. The zero-order valence-corrected chi connectivity index (χ0v) is 9.12. The molecule has 0 bridgehead atoms. The van der Waals surface area contributed by atoms with Gasteiger partial charge in [-0.3, -0.25) is 4.98 Å². The monoisotopic (exact) mass is 218 g/mol. The molecule has 76 valence electrons. The van der Waals surface area contributed by atoms with Crippen molar-refractivity contribution in [3.05, 3.63) is 47.2 Å². The van der Waals surface area contributed by atoms with Crippen LogP contribution in [0.4, 0.5) is 5.69 Å². The second-order valence-electron chi connectivity index (χ2n) is 3.45. The molecule has 2 rings (SSSR count). The van der Waals surface area contributed by atoms with Gasteiger partial charge in [0, 0.05) is 18.0 Å². The van der Waals surface area contributed by atoms with Crippen molar-refractivity contribution in [2.75, 3.05) is 5.73 Å². The minimum Gasteiger partial charge on any atom is -0.397 e. The van der Waals surface area contributed by atoms with Crippen LogP contribution in [-0.2, 0) is 0 Å². The molecule has 2 aromatic rings. The lowest BCUT2D eigenvalue weighted by molar-refractivity contribution is 1.33. The summed E-state index contributed by atoms with van der Waals surface area (Å²) in [4.78, 5) is 4.03. The van der Waals surface area contributed by atoms with Crippen LogP contribution in [0.5, 0.6) is 0 Å². The quantitative estimate of drug-likeness (QED) is 0.798. The van der Waals surface area contributed by atoms with E-state index in [1.807, 2.05) is 31.2 Å². The number of nitrogen functional groups attached to an aromatic ring is 1. The van der Waals surface area contributed by atoms with Gasteiger partial charge < -0.3 is 5.73 Å². The zero-order chi connectivity index (χ0) is 10.8. The topological polar surface area (TPSA) is 38.9 Å². The van der Waals surface area contributed by atoms with Crippen molar-refractivity contribution < 1.29 is 0 Å². The lowest BCUT2D eigenvalue weighted by Gasteiger charge is -2.06. The third-order valence-corrected chi connectivity index (χ3v) is 2.60. The average Bonchev–Trinajstić information content (AvgIpc) is 2.24. The van der Waals surface area contributed by atoms with Crippen LogP contribution >= 0.6 is 11.6 Å². The summed E-state index contributed by atoms with van der Waals surface area (Å²) in [6.07, 6.45) is 3.28. The van der Waals surface area contributed by atoms with E-state index in [1.54, 1.807) is 12.4 Å². The Morgan fingerprint density at radius 1 is 1.13 bits per heavy atom. The Hall–Kier alpha value is -1.54. The predicted octanol–water partition coefficient (Wildman–Crippen LogP) is 3.29. The van der Waals surface area contributed by atoms with Gasteiger partial charge in [0.15, 0.2) is 0 Å². The first-order valence-corrected chi connectivity index (χ1v) is 5.02. The lowest BCUT2D eigenvalue weighted by atomic mass is 10.0. The second-order valence-corrected chi connectivity index (χ2v) is 3.86. The molecule has 2 N–H and O–H groups in total. The van der Waals surface area contributed by atoms with E-state index in [2.05, 4.69) is 4.98 Å². The van der Waals surface area contributed by atoms with Gasteiger partial charge in [0.25, 0.3) is 0 Å². The van der Waals surface area contributed by atoms with Gasteiger partial charge in [-0.25, -0.2) is 0 Å². The van der Waals surface area contributed by atoms with Crippen molar-refractivity contribution in [2.24, 2.45) is 0 Å². The number of hydrogen-bond donors (Lipinski definition) is 1. The standard InChI is InChI=1S/C12H11ClN2/c1-8-2-4-9(5-3-8)10-6-15-7-11(13)12(10)14/h2-7H,1H3,(H2,14,15). The summed E-state index contributed by atoms with van der Waals surface area (Å²) in [5.41, 5.74) is 9.59. The molecule has 0 aliphatic rings. The summed E-state index contributed by atoms with van der Waals surface area (Å²) >= 11 is 5.91. The molecule has 0 fully saturated rings. The summed E-state index contributed by atoms with van der Waals surface area (Å²) in [7, 11) is 0. The summed E-state index contributed by atoms with van der Waals surface area (Å²) in [6.45, 7) is 2.04. The molecule has 0 saturated heterocycles. The highest BCUT2D eigenvalue weighted by molar-refractivity contribution is 6.33. The molecule has 0 radical (unpaired) electrons. The number of aryl methyl sites for hydroxylation is 1. The van der Waals surface area contributed by atoms with Gasteiger partial charge in [0.05, 0.1) is 10.7 Å². The normalized spacial score (nSPS) is 10.3. The Kier molecular flexibility index (Phi) is 2.60. The lowest BCUT2D eigenvalue weighted by Crippen LogP contribution is -1.92. The van der Waals surface area contributed by atoms with Crippen LogP contribution in [0, 0.1) is 6.92 Å². The summed E-state index contributed by atoms with van der Waals surface area (Å²) in [6, 6.07) is 8.10. The van der Waals surface area contributed by atoms with Gasteiger partial charge in [-0.2, -0.15) is 0 Å². The van der Waals surface area contributed by atoms with E-state index in [0.29, 0.717) is 10.7 Å². The Morgan fingerprint density at radius 3 is 2.47 bits per heavy atom. The summed E-state index contributed by atoms with van der Waals surface area (Å²) in [5, 5.41) is 0.494. The third-order valence-electron chi connectivity index (χ3n) is 2.30. The first-order chi connectivity index (χ1) is 7.18. The minimum absolute atomic E-state index is 0.494. The fourth-order valence-corrected chi connectivity index (χ4v) is 1.57. The number of aromatic nitrogens is 1. The Bertz CT molecular complexity index is 477. The predicted molar refractivity (Wildman–Crippen MR) is 63.8 cm³/mol. The van der Waals surface area contributed by atoms with Gasteiger partial charge in [-0.1, -0.05) is 41.4 Å². The SMILES string of the molecule is Cc1ccc(-c2cncc(Cl)c2N)cc1. The molecule has 0 amide bonds. The van der Waals surface area contributed by atoms with Crippen molar-refractivity contribution in [3.8, 4) is 11.1 Å². The molecule has 0 atom stereocenters. The largest absolute Gasteiger partial charge is 0.397 e. The molecule has 0 aliphatic heterocycles.